The summed E-state index contributed by atoms with van der Waals surface area (Å²) >= 11 is 0. The van der Waals surface area contributed by atoms with E-state index in [1.54, 1.807) is 0 Å². The molecule has 134 valence electrons. The Kier molecular flexibility index (Phi) is 6.32. The molecule has 1 unspecified atom stereocenters. The number of unbranched alkanes of at least 4 members (excludes halogenated alkanes) is 1. The molecular formula is C24H27NO. The van der Waals surface area contributed by atoms with Crippen LogP contribution in [0.25, 0.3) is 11.1 Å². The maximum atomic E-state index is 6.44. The second kappa shape index (κ2) is 9.10. The van der Waals surface area contributed by atoms with Crippen molar-refractivity contribution < 1.29 is 4.74 Å². The van der Waals surface area contributed by atoms with Crippen LogP contribution in [0.1, 0.15) is 26.7 Å². The van der Waals surface area contributed by atoms with Gasteiger partial charge in [0.05, 0.1) is 0 Å². The van der Waals surface area contributed by atoms with Gasteiger partial charge < -0.3 is 9.64 Å². The molecule has 2 heteroatoms. The highest BCUT2D eigenvalue weighted by molar-refractivity contribution is 5.70. The average Bonchev–Trinajstić information content (AvgIpc) is 2.70. The molecule has 0 aliphatic carbocycles. The molecule has 0 amide bonds. The van der Waals surface area contributed by atoms with E-state index >= 15 is 0 Å². The fourth-order valence-corrected chi connectivity index (χ4v) is 3.14. The minimum atomic E-state index is -0.0474. The zero-order chi connectivity index (χ0) is 18.2. The van der Waals surface area contributed by atoms with Gasteiger partial charge in [-0.15, -0.1) is 0 Å². The molecule has 0 saturated carbocycles. The molecule has 0 spiro atoms. The molecule has 0 bridgehead atoms. The van der Waals surface area contributed by atoms with E-state index in [0.717, 1.165) is 30.7 Å². The van der Waals surface area contributed by atoms with Crippen molar-refractivity contribution in [3.05, 3.63) is 84.9 Å². The van der Waals surface area contributed by atoms with Gasteiger partial charge in [-0.25, -0.2) is 0 Å². The molecule has 0 fully saturated rings. The molecule has 0 aromatic heterocycles. The number of para-hydroxylation sites is 2. The van der Waals surface area contributed by atoms with Gasteiger partial charge in [0, 0.05) is 17.8 Å². The third kappa shape index (κ3) is 4.45. The van der Waals surface area contributed by atoms with E-state index in [4.69, 9.17) is 4.74 Å². The van der Waals surface area contributed by atoms with Crippen molar-refractivity contribution in [1.29, 1.82) is 0 Å². The molecule has 1 atom stereocenters. The van der Waals surface area contributed by atoms with E-state index in [1.165, 1.54) is 11.3 Å². The monoisotopic (exact) mass is 345 g/mol. The zero-order valence-corrected chi connectivity index (χ0v) is 15.6. The lowest BCUT2D eigenvalue weighted by molar-refractivity contribution is 0.215. The molecule has 3 rings (SSSR count). The van der Waals surface area contributed by atoms with Crippen molar-refractivity contribution in [3.8, 4) is 16.9 Å². The highest BCUT2D eigenvalue weighted by Crippen LogP contribution is 2.31. The third-order valence-corrected chi connectivity index (χ3v) is 4.55. The lowest BCUT2D eigenvalue weighted by atomic mass is 10.0. The van der Waals surface area contributed by atoms with E-state index < -0.39 is 0 Å². The average molecular weight is 345 g/mol. The van der Waals surface area contributed by atoms with Crippen LogP contribution in [-0.4, -0.2) is 12.8 Å². The molecule has 2 nitrogen and oxygen atoms in total. The van der Waals surface area contributed by atoms with Gasteiger partial charge in [-0.3, -0.25) is 0 Å². The first kappa shape index (κ1) is 18.1. The van der Waals surface area contributed by atoms with Crippen LogP contribution in [0.3, 0.4) is 0 Å². The first-order valence-electron chi connectivity index (χ1n) is 9.42. The van der Waals surface area contributed by atoms with Gasteiger partial charge in [-0.1, -0.05) is 80.1 Å². The molecular weight excluding hydrogens is 318 g/mol. The summed E-state index contributed by atoms with van der Waals surface area (Å²) in [5.74, 6) is 0.920. The minimum absolute atomic E-state index is 0.0474. The van der Waals surface area contributed by atoms with Gasteiger partial charge in [-0.05, 0) is 37.1 Å². The Labute approximate surface area is 157 Å². The first-order valence-corrected chi connectivity index (χ1v) is 9.42. The summed E-state index contributed by atoms with van der Waals surface area (Å²) in [5, 5.41) is 0. The Morgan fingerprint density at radius 2 is 1.42 bits per heavy atom. The predicted octanol–water partition coefficient (Wildman–Crippen LogP) is 6.39. The van der Waals surface area contributed by atoms with Crippen molar-refractivity contribution in [1.82, 2.24) is 0 Å². The third-order valence-electron chi connectivity index (χ3n) is 4.55. The summed E-state index contributed by atoms with van der Waals surface area (Å²) < 4.78 is 6.44. The van der Waals surface area contributed by atoms with Crippen LogP contribution in [0.4, 0.5) is 5.69 Å². The Morgan fingerprint density at radius 1 is 0.808 bits per heavy atom. The Hall–Kier alpha value is -2.74. The molecule has 0 aliphatic heterocycles. The lowest BCUT2D eigenvalue weighted by Crippen LogP contribution is -2.38. The van der Waals surface area contributed by atoms with E-state index in [-0.39, 0.29) is 6.23 Å². The van der Waals surface area contributed by atoms with E-state index in [2.05, 4.69) is 91.5 Å². The highest BCUT2D eigenvalue weighted by Gasteiger charge is 2.17. The highest BCUT2D eigenvalue weighted by atomic mass is 16.5. The number of hydrogen-bond donors (Lipinski definition) is 0. The first-order chi connectivity index (χ1) is 12.8. The Balaban J connectivity index is 1.85. The molecule has 0 heterocycles. The SMILES string of the molecule is CCCCN(c1ccccc1)C(C)Oc1ccccc1-c1ccccc1. The molecule has 26 heavy (non-hydrogen) atoms. The van der Waals surface area contributed by atoms with Crippen molar-refractivity contribution in [3.63, 3.8) is 0 Å². The molecule has 0 saturated heterocycles. The van der Waals surface area contributed by atoms with Crippen LogP contribution in [0.2, 0.25) is 0 Å². The second-order valence-corrected chi connectivity index (χ2v) is 6.46. The van der Waals surface area contributed by atoms with Crippen molar-refractivity contribution in [2.45, 2.75) is 32.9 Å². The minimum Gasteiger partial charge on any atom is -0.470 e. The Morgan fingerprint density at radius 3 is 2.12 bits per heavy atom. The summed E-state index contributed by atoms with van der Waals surface area (Å²) in [5.41, 5.74) is 3.50. The predicted molar refractivity (Wildman–Crippen MR) is 111 cm³/mol. The van der Waals surface area contributed by atoms with Gasteiger partial charge in [0.2, 0.25) is 0 Å². The normalized spacial score (nSPS) is 11.8. The number of benzene rings is 3. The van der Waals surface area contributed by atoms with E-state index in [1.807, 2.05) is 12.1 Å². The number of anilines is 1. The van der Waals surface area contributed by atoms with E-state index in [0.29, 0.717) is 0 Å². The summed E-state index contributed by atoms with van der Waals surface area (Å²) in [6, 6.07) is 29.2. The van der Waals surface area contributed by atoms with Crippen molar-refractivity contribution in [2.24, 2.45) is 0 Å². The molecule has 3 aromatic carbocycles. The fraction of sp³-hybridized carbons (Fsp3) is 0.250. The summed E-state index contributed by atoms with van der Waals surface area (Å²) in [4.78, 5) is 2.34. The number of hydrogen-bond acceptors (Lipinski definition) is 2. The topological polar surface area (TPSA) is 12.5 Å². The van der Waals surface area contributed by atoms with Gasteiger partial charge in [0.15, 0.2) is 6.23 Å². The standard InChI is InChI=1S/C24H27NO/c1-3-4-19-25(22-15-9-6-10-16-22)20(2)26-24-18-12-11-17-23(24)21-13-7-5-8-14-21/h5-18,20H,3-4,19H2,1-2H3. The van der Waals surface area contributed by atoms with Gasteiger partial charge in [-0.2, -0.15) is 0 Å². The quantitative estimate of drug-likeness (QED) is 0.439. The zero-order valence-electron chi connectivity index (χ0n) is 15.6. The molecule has 0 N–H and O–H groups in total. The van der Waals surface area contributed by atoms with E-state index in [9.17, 15) is 0 Å². The molecule has 3 aromatic rings. The van der Waals surface area contributed by atoms with Crippen molar-refractivity contribution >= 4 is 5.69 Å². The summed E-state index contributed by atoms with van der Waals surface area (Å²) in [6.07, 6.45) is 2.26. The van der Waals surface area contributed by atoms with Crippen LogP contribution in [-0.2, 0) is 0 Å². The van der Waals surface area contributed by atoms with Gasteiger partial charge >= 0.3 is 0 Å². The Bertz CT molecular complexity index is 786. The maximum Gasteiger partial charge on any atom is 0.169 e. The van der Waals surface area contributed by atoms with Crippen LogP contribution in [0, 0.1) is 0 Å². The van der Waals surface area contributed by atoms with Crippen LogP contribution in [0.15, 0.2) is 84.9 Å². The fourth-order valence-electron chi connectivity index (χ4n) is 3.14. The van der Waals surface area contributed by atoms with Crippen LogP contribution in [0.5, 0.6) is 5.75 Å². The van der Waals surface area contributed by atoms with Crippen LogP contribution < -0.4 is 9.64 Å². The number of nitrogens with zero attached hydrogens (tertiary/aromatic N) is 1. The molecule has 0 aliphatic rings. The van der Waals surface area contributed by atoms with Crippen molar-refractivity contribution in [2.75, 3.05) is 11.4 Å². The number of ether oxygens (including phenoxy) is 1. The van der Waals surface area contributed by atoms with Gasteiger partial charge in [0.25, 0.3) is 0 Å². The number of rotatable bonds is 8. The smallest absolute Gasteiger partial charge is 0.169 e. The maximum absolute atomic E-state index is 6.44. The molecule has 0 radical (unpaired) electrons. The lowest BCUT2D eigenvalue weighted by Gasteiger charge is -2.32. The second-order valence-electron chi connectivity index (χ2n) is 6.46. The van der Waals surface area contributed by atoms with Crippen LogP contribution >= 0.6 is 0 Å². The summed E-state index contributed by atoms with van der Waals surface area (Å²) in [7, 11) is 0. The summed E-state index contributed by atoms with van der Waals surface area (Å²) in [6.45, 7) is 5.33. The van der Waals surface area contributed by atoms with Gasteiger partial charge in [0.1, 0.15) is 5.75 Å². The largest absolute Gasteiger partial charge is 0.470 e.